The van der Waals surface area contributed by atoms with Gasteiger partial charge in [0.15, 0.2) is 0 Å². The third kappa shape index (κ3) is 4.20. The molecule has 0 aliphatic carbocycles. The van der Waals surface area contributed by atoms with Gasteiger partial charge in [0.1, 0.15) is 16.5 Å². The molecule has 1 N–H and O–H groups in total. The van der Waals surface area contributed by atoms with E-state index in [9.17, 15) is 17.2 Å². The van der Waals surface area contributed by atoms with E-state index in [4.69, 9.17) is 4.74 Å². The van der Waals surface area contributed by atoms with Crippen molar-refractivity contribution in [3.8, 4) is 0 Å². The lowest BCUT2D eigenvalue weighted by Gasteiger charge is -2.17. The fourth-order valence-corrected chi connectivity index (χ4v) is 3.97. The van der Waals surface area contributed by atoms with Crippen LogP contribution in [-0.2, 0) is 14.8 Å². The van der Waals surface area contributed by atoms with Crippen LogP contribution >= 0.6 is 15.9 Å². The van der Waals surface area contributed by atoms with E-state index in [1.54, 1.807) is 6.92 Å². The smallest absolute Gasteiger partial charge is 0.244 e. The van der Waals surface area contributed by atoms with Crippen LogP contribution in [0.4, 0.5) is 8.78 Å². The number of benzene rings is 1. The zero-order chi connectivity index (χ0) is 14.6. The third-order valence-electron chi connectivity index (χ3n) is 2.41. The first-order valence-corrected chi connectivity index (χ1v) is 7.75. The van der Waals surface area contributed by atoms with Gasteiger partial charge in [-0.1, -0.05) is 6.92 Å². The Balaban J connectivity index is 3.14. The highest BCUT2D eigenvalue weighted by Crippen LogP contribution is 2.26. The van der Waals surface area contributed by atoms with Gasteiger partial charge in [-0.05, 0) is 28.4 Å². The number of halogens is 3. The lowest BCUT2D eigenvalue weighted by atomic mass is 10.3. The Morgan fingerprint density at radius 1 is 1.42 bits per heavy atom. The summed E-state index contributed by atoms with van der Waals surface area (Å²) in [5.41, 5.74) is 0. The van der Waals surface area contributed by atoms with Gasteiger partial charge in [0.25, 0.3) is 0 Å². The summed E-state index contributed by atoms with van der Waals surface area (Å²) in [5, 5.41) is 0. The van der Waals surface area contributed by atoms with Crippen molar-refractivity contribution in [1.82, 2.24) is 4.72 Å². The zero-order valence-electron chi connectivity index (χ0n) is 10.4. The normalized spacial score (nSPS) is 13.5. The maximum atomic E-state index is 13.6. The summed E-state index contributed by atoms with van der Waals surface area (Å²) in [4.78, 5) is -0.608. The molecular weight excluding hydrogens is 344 g/mol. The Morgan fingerprint density at radius 3 is 2.53 bits per heavy atom. The van der Waals surface area contributed by atoms with Gasteiger partial charge >= 0.3 is 0 Å². The van der Waals surface area contributed by atoms with E-state index in [2.05, 4.69) is 20.7 Å². The van der Waals surface area contributed by atoms with Crippen molar-refractivity contribution in [1.29, 1.82) is 0 Å². The molecule has 108 valence electrons. The summed E-state index contributed by atoms with van der Waals surface area (Å²) < 4.78 is 57.7. The Labute approximate surface area is 119 Å². The first-order valence-electron chi connectivity index (χ1n) is 5.47. The summed E-state index contributed by atoms with van der Waals surface area (Å²) in [6.07, 6.45) is 0.480. The monoisotopic (exact) mass is 357 g/mol. The lowest BCUT2D eigenvalue weighted by Crippen LogP contribution is -2.38. The predicted molar refractivity (Wildman–Crippen MR) is 70.3 cm³/mol. The molecule has 0 aliphatic rings. The first-order chi connectivity index (χ1) is 8.81. The molecule has 4 nitrogen and oxygen atoms in total. The number of nitrogens with one attached hydrogen (secondary N) is 1. The van der Waals surface area contributed by atoms with Crippen molar-refractivity contribution in [2.24, 2.45) is 0 Å². The summed E-state index contributed by atoms with van der Waals surface area (Å²) >= 11 is 2.85. The van der Waals surface area contributed by atoms with Gasteiger partial charge in [0, 0.05) is 23.7 Å². The molecule has 8 heteroatoms. The molecule has 0 saturated carbocycles. The highest BCUT2D eigenvalue weighted by Gasteiger charge is 2.26. The van der Waals surface area contributed by atoms with Crippen LogP contribution < -0.4 is 4.72 Å². The Bertz CT molecular complexity index is 528. The molecule has 0 saturated heterocycles. The SMILES string of the molecule is CCC(COC)NS(=O)(=O)c1c(F)cc(F)cc1Br. The quantitative estimate of drug-likeness (QED) is 0.850. The largest absolute Gasteiger partial charge is 0.383 e. The minimum absolute atomic E-state index is 0.162. The predicted octanol–water partition coefficient (Wildman–Crippen LogP) is 2.43. The van der Waals surface area contributed by atoms with E-state index in [1.807, 2.05) is 0 Å². The Morgan fingerprint density at radius 2 is 2.05 bits per heavy atom. The minimum atomic E-state index is -4.09. The molecular formula is C11H14BrF2NO3S. The van der Waals surface area contributed by atoms with Crippen LogP contribution in [0.25, 0.3) is 0 Å². The van der Waals surface area contributed by atoms with Crippen LogP contribution in [0.3, 0.4) is 0 Å². The summed E-state index contributed by atoms with van der Waals surface area (Å²) in [6.45, 7) is 1.93. The van der Waals surface area contributed by atoms with E-state index < -0.39 is 32.6 Å². The molecule has 1 aromatic carbocycles. The molecule has 0 bridgehead atoms. The van der Waals surface area contributed by atoms with Crippen molar-refractivity contribution in [2.45, 2.75) is 24.3 Å². The summed E-state index contributed by atoms with van der Waals surface area (Å²) in [7, 11) is -2.65. The van der Waals surface area contributed by atoms with E-state index in [-0.39, 0.29) is 11.1 Å². The van der Waals surface area contributed by atoms with Gasteiger partial charge in [-0.15, -0.1) is 0 Å². The second-order valence-corrected chi connectivity index (χ2v) is 6.39. The van der Waals surface area contributed by atoms with E-state index in [1.165, 1.54) is 7.11 Å². The topological polar surface area (TPSA) is 55.4 Å². The maximum absolute atomic E-state index is 13.6. The van der Waals surface area contributed by atoms with Crippen LogP contribution in [0, 0.1) is 11.6 Å². The summed E-state index contributed by atoms with van der Waals surface area (Å²) in [5.74, 6) is -2.00. The van der Waals surface area contributed by atoms with E-state index >= 15 is 0 Å². The molecule has 0 aromatic heterocycles. The third-order valence-corrected chi connectivity index (χ3v) is 4.90. The fraction of sp³-hybridized carbons (Fsp3) is 0.455. The summed E-state index contributed by atoms with van der Waals surface area (Å²) in [6, 6.07) is 0.942. The highest BCUT2D eigenvalue weighted by molar-refractivity contribution is 9.10. The number of methoxy groups -OCH3 is 1. The number of ether oxygens (including phenoxy) is 1. The number of rotatable bonds is 6. The molecule has 0 fully saturated rings. The average Bonchev–Trinajstić information content (AvgIpc) is 2.25. The van der Waals surface area contributed by atoms with Crippen molar-refractivity contribution in [3.05, 3.63) is 28.2 Å². The molecule has 0 aliphatic heterocycles. The second-order valence-electron chi connectivity index (χ2n) is 3.88. The van der Waals surface area contributed by atoms with Crippen LogP contribution in [0.2, 0.25) is 0 Å². The van der Waals surface area contributed by atoms with E-state index in [0.29, 0.717) is 12.5 Å². The van der Waals surface area contributed by atoms with Crippen LogP contribution in [-0.4, -0.2) is 28.2 Å². The van der Waals surface area contributed by atoms with Gasteiger partial charge in [-0.2, -0.15) is 0 Å². The van der Waals surface area contributed by atoms with Crippen LogP contribution in [0.15, 0.2) is 21.5 Å². The lowest BCUT2D eigenvalue weighted by molar-refractivity contribution is 0.173. The molecule has 1 aromatic rings. The molecule has 0 amide bonds. The fourth-order valence-electron chi connectivity index (χ4n) is 1.50. The Kier molecular flexibility index (Phi) is 5.84. The van der Waals surface area contributed by atoms with Crippen LogP contribution in [0.1, 0.15) is 13.3 Å². The van der Waals surface area contributed by atoms with Gasteiger partial charge in [-0.3, -0.25) is 0 Å². The minimum Gasteiger partial charge on any atom is -0.383 e. The number of hydrogen-bond donors (Lipinski definition) is 1. The molecule has 1 rings (SSSR count). The van der Waals surface area contributed by atoms with Crippen molar-refractivity contribution < 1.29 is 21.9 Å². The maximum Gasteiger partial charge on any atom is 0.244 e. The zero-order valence-corrected chi connectivity index (χ0v) is 12.8. The van der Waals surface area contributed by atoms with Gasteiger partial charge in [0.05, 0.1) is 6.61 Å². The highest BCUT2D eigenvalue weighted by atomic mass is 79.9. The van der Waals surface area contributed by atoms with Crippen molar-refractivity contribution >= 4 is 26.0 Å². The molecule has 1 atom stereocenters. The second kappa shape index (κ2) is 6.74. The number of sulfonamides is 1. The van der Waals surface area contributed by atoms with E-state index in [0.717, 1.165) is 6.07 Å². The molecule has 1 unspecified atom stereocenters. The molecule has 19 heavy (non-hydrogen) atoms. The average molecular weight is 358 g/mol. The first kappa shape index (κ1) is 16.5. The van der Waals surface area contributed by atoms with Crippen LogP contribution in [0.5, 0.6) is 0 Å². The molecule has 0 spiro atoms. The molecule has 0 radical (unpaired) electrons. The Hall–Kier alpha value is -0.570. The van der Waals surface area contributed by atoms with Crippen molar-refractivity contribution in [2.75, 3.05) is 13.7 Å². The van der Waals surface area contributed by atoms with Gasteiger partial charge < -0.3 is 4.74 Å². The van der Waals surface area contributed by atoms with Crippen molar-refractivity contribution in [3.63, 3.8) is 0 Å². The number of hydrogen-bond acceptors (Lipinski definition) is 3. The van der Waals surface area contributed by atoms with Gasteiger partial charge in [0.2, 0.25) is 10.0 Å². The van der Waals surface area contributed by atoms with Gasteiger partial charge in [-0.25, -0.2) is 21.9 Å². The standard InChI is InChI=1S/C11H14BrF2NO3S/c1-3-8(6-18-2)15-19(16,17)11-9(12)4-7(13)5-10(11)14/h4-5,8,15H,3,6H2,1-2H3. The molecule has 0 heterocycles.